The van der Waals surface area contributed by atoms with Gasteiger partial charge in [-0.25, -0.2) is 4.98 Å². The lowest BCUT2D eigenvalue weighted by Gasteiger charge is -2.15. The molecule has 1 aromatic carbocycles. The zero-order chi connectivity index (χ0) is 14.9. The number of nitrogens with two attached hydrogens (primary N) is 1. The molecule has 106 valence electrons. The van der Waals surface area contributed by atoms with E-state index in [0.717, 1.165) is 6.07 Å². The SMILES string of the molecule is Nc1cnc(Nc2ccc(Cl)cc2C(F)(F)F)c(Cl)c1. The van der Waals surface area contributed by atoms with Crippen molar-refractivity contribution in [2.75, 3.05) is 11.1 Å². The molecule has 0 fully saturated rings. The van der Waals surface area contributed by atoms with Crippen molar-refractivity contribution < 1.29 is 13.2 Å². The number of pyridine rings is 1. The molecule has 2 rings (SSSR count). The van der Waals surface area contributed by atoms with E-state index in [1.807, 2.05) is 0 Å². The maximum Gasteiger partial charge on any atom is 0.418 e. The first-order chi connectivity index (χ1) is 9.27. The van der Waals surface area contributed by atoms with Crippen LogP contribution in [0.5, 0.6) is 0 Å². The summed E-state index contributed by atoms with van der Waals surface area (Å²) in [7, 11) is 0. The molecule has 1 aromatic heterocycles. The number of aromatic nitrogens is 1. The molecule has 0 aliphatic heterocycles. The van der Waals surface area contributed by atoms with Crippen molar-refractivity contribution in [1.29, 1.82) is 0 Å². The molecule has 0 bridgehead atoms. The van der Waals surface area contributed by atoms with Gasteiger partial charge in [0.05, 0.1) is 28.2 Å². The monoisotopic (exact) mass is 321 g/mol. The van der Waals surface area contributed by atoms with Crippen molar-refractivity contribution in [2.45, 2.75) is 6.18 Å². The zero-order valence-electron chi connectivity index (χ0n) is 9.80. The molecular weight excluding hydrogens is 314 g/mol. The van der Waals surface area contributed by atoms with E-state index in [1.54, 1.807) is 0 Å². The smallest absolute Gasteiger partial charge is 0.397 e. The van der Waals surface area contributed by atoms with Gasteiger partial charge in [0.2, 0.25) is 0 Å². The molecule has 0 saturated heterocycles. The van der Waals surface area contributed by atoms with Crippen LogP contribution in [0.1, 0.15) is 5.56 Å². The second-order valence-electron chi connectivity index (χ2n) is 3.91. The molecular formula is C12H8Cl2F3N3. The summed E-state index contributed by atoms with van der Waals surface area (Å²) >= 11 is 11.5. The maximum absolute atomic E-state index is 12.9. The van der Waals surface area contributed by atoms with Crippen LogP contribution in [0.3, 0.4) is 0 Å². The number of hydrogen-bond acceptors (Lipinski definition) is 3. The molecule has 3 nitrogen and oxygen atoms in total. The van der Waals surface area contributed by atoms with Gasteiger partial charge in [-0.2, -0.15) is 13.2 Å². The fourth-order valence-electron chi connectivity index (χ4n) is 1.53. The van der Waals surface area contributed by atoms with Crippen molar-refractivity contribution in [3.8, 4) is 0 Å². The summed E-state index contributed by atoms with van der Waals surface area (Å²) in [4.78, 5) is 3.85. The standard InChI is InChI=1S/C12H8Cl2F3N3/c13-6-1-2-10(8(3-6)12(15,16)17)20-11-9(14)4-7(18)5-19-11/h1-5H,18H2,(H,19,20). The minimum atomic E-state index is -4.55. The number of nitrogen functional groups attached to an aromatic ring is 1. The number of halogens is 5. The van der Waals surface area contributed by atoms with Gasteiger partial charge in [-0.3, -0.25) is 0 Å². The van der Waals surface area contributed by atoms with Crippen LogP contribution < -0.4 is 11.1 Å². The van der Waals surface area contributed by atoms with Crippen LogP contribution in [-0.4, -0.2) is 4.98 Å². The summed E-state index contributed by atoms with van der Waals surface area (Å²) in [6.07, 6.45) is -3.26. The molecule has 3 N–H and O–H groups in total. The average molecular weight is 322 g/mol. The van der Waals surface area contributed by atoms with Crippen LogP contribution in [0, 0.1) is 0 Å². The third kappa shape index (κ3) is 3.26. The van der Waals surface area contributed by atoms with E-state index in [0.29, 0.717) is 5.69 Å². The van der Waals surface area contributed by atoms with E-state index in [1.165, 1.54) is 24.4 Å². The fourth-order valence-corrected chi connectivity index (χ4v) is 1.93. The molecule has 0 spiro atoms. The normalized spacial score (nSPS) is 11.4. The lowest BCUT2D eigenvalue weighted by molar-refractivity contribution is -0.136. The van der Waals surface area contributed by atoms with Gasteiger partial charge in [-0.15, -0.1) is 0 Å². The van der Waals surface area contributed by atoms with E-state index < -0.39 is 11.7 Å². The topological polar surface area (TPSA) is 50.9 Å². The Bertz CT molecular complexity index is 644. The number of hydrogen-bond donors (Lipinski definition) is 2. The van der Waals surface area contributed by atoms with E-state index in [9.17, 15) is 13.2 Å². The van der Waals surface area contributed by atoms with Crippen LogP contribution in [0.2, 0.25) is 10.0 Å². The van der Waals surface area contributed by atoms with Gasteiger partial charge in [0.15, 0.2) is 0 Å². The molecule has 2 aromatic rings. The quantitative estimate of drug-likeness (QED) is 0.840. The van der Waals surface area contributed by atoms with Crippen LogP contribution in [0.4, 0.5) is 30.4 Å². The summed E-state index contributed by atoms with van der Waals surface area (Å²) in [6.45, 7) is 0. The van der Waals surface area contributed by atoms with E-state index in [2.05, 4.69) is 10.3 Å². The Balaban J connectivity index is 2.43. The van der Waals surface area contributed by atoms with Gasteiger partial charge in [-0.1, -0.05) is 23.2 Å². The lowest BCUT2D eigenvalue weighted by Crippen LogP contribution is -2.09. The largest absolute Gasteiger partial charge is 0.418 e. The van der Waals surface area contributed by atoms with Crippen molar-refractivity contribution in [3.63, 3.8) is 0 Å². The average Bonchev–Trinajstić information content (AvgIpc) is 2.33. The number of nitrogens with zero attached hydrogens (tertiary/aromatic N) is 1. The molecule has 0 amide bonds. The van der Waals surface area contributed by atoms with Gasteiger partial charge in [0.25, 0.3) is 0 Å². The summed E-state index contributed by atoms with van der Waals surface area (Å²) in [5.74, 6) is 0.0775. The third-order valence-corrected chi connectivity index (χ3v) is 2.93. The molecule has 0 aliphatic carbocycles. The fraction of sp³-hybridized carbons (Fsp3) is 0.0833. The van der Waals surface area contributed by atoms with Gasteiger partial charge in [-0.05, 0) is 24.3 Å². The van der Waals surface area contributed by atoms with Crippen LogP contribution in [-0.2, 0) is 6.18 Å². The number of alkyl halides is 3. The van der Waals surface area contributed by atoms with E-state index in [4.69, 9.17) is 28.9 Å². The Morgan fingerprint density at radius 1 is 1.15 bits per heavy atom. The number of nitrogens with one attached hydrogen (secondary N) is 1. The first-order valence-electron chi connectivity index (χ1n) is 5.32. The molecule has 0 saturated carbocycles. The Hall–Kier alpha value is -1.66. The van der Waals surface area contributed by atoms with Crippen LogP contribution >= 0.6 is 23.2 Å². The molecule has 0 aliphatic rings. The highest BCUT2D eigenvalue weighted by Crippen LogP contribution is 2.38. The van der Waals surface area contributed by atoms with Gasteiger partial charge < -0.3 is 11.1 Å². The summed E-state index contributed by atoms with van der Waals surface area (Å²) in [5, 5.41) is 2.63. The Labute approximate surface area is 122 Å². The number of anilines is 3. The van der Waals surface area contributed by atoms with Crippen molar-refractivity contribution in [1.82, 2.24) is 4.98 Å². The first-order valence-corrected chi connectivity index (χ1v) is 6.08. The zero-order valence-corrected chi connectivity index (χ0v) is 11.3. The molecule has 20 heavy (non-hydrogen) atoms. The Morgan fingerprint density at radius 3 is 2.45 bits per heavy atom. The second kappa shape index (κ2) is 5.38. The minimum absolute atomic E-state index is 0.0146. The predicted octanol–water partition coefficient (Wildman–Crippen LogP) is 4.73. The van der Waals surface area contributed by atoms with Crippen LogP contribution in [0.15, 0.2) is 30.5 Å². The minimum Gasteiger partial charge on any atom is -0.397 e. The Kier molecular flexibility index (Phi) is 3.96. The molecule has 0 radical (unpaired) electrons. The van der Waals surface area contributed by atoms with Crippen molar-refractivity contribution in [2.24, 2.45) is 0 Å². The summed E-state index contributed by atoms with van der Waals surface area (Å²) < 4.78 is 38.8. The highest BCUT2D eigenvalue weighted by atomic mass is 35.5. The summed E-state index contributed by atoms with van der Waals surface area (Å²) in [6, 6.07) is 4.76. The molecule has 0 unspecified atom stereocenters. The highest BCUT2D eigenvalue weighted by Gasteiger charge is 2.34. The number of benzene rings is 1. The Morgan fingerprint density at radius 2 is 1.85 bits per heavy atom. The third-order valence-electron chi connectivity index (χ3n) is 2.40. The maximum atomic E-state index is 12.9. The molecule has 1 heterocycles. The van der Waals surface area contributed by atoms with E-state index in [-0.39, 0.29) is 21.6 Å². The first kappa shape index (κ1) is 14.7. The van der Waals surface area contributed by atoms with Crippen LogP contribution in [0.25, 0.3) is 0 Å². The van der Waals surface area contributed by atoms with Gasteiger partial charge >= 0.3 is 6.18 Å². The lowest BCUT2D eigenvalue weighted by atomic mass is 10.1. The predicted molar refractivity (Wildman–Crippen MR) is 73.4 cm³/mol. The van der Waals surface area contributed by atoms with E-state index >= 15 is 0 Å². The van der Waals surface area contributed by atoms with Crippen molar-refractivity contribution in [3.05, 3.63) is 46.1 Å². The van der Waals surface area contributed by atoms with Gasteiger partial charge in [0.1, 0.15) is 5.82 Å². The second-order valence-corrected chi connectivity index (χ2v) is 4.76. The number of rotatable bonds is 2. The van der Waals surface area contributed by atoms with Crippen molar-refractivity contribution >= 4 is 40.4 Å². The highest BCUT2D eigenvalue weighted by molar-refractivity contribution is 6.33. The van der Waals surface area contributed by atoms with Gasteiger partial charge in [0, 0.05) is 5.02 Å². The molecule has 8 heteroatoms. The molecule has 0 atom stereocenters. The summed E-state index contributed by atoms with van der Waals surface area (Å²) in [5.41, 5.74) is 4.68.